The molecular formula is C11H21N3. The number of hydrogen-bond donors (Lipinski definition) is 1. The lowest BCUT2D eigenvalue weighted by molar-refractivity contribution is 0.347. The summed E-state index contributed by atoms with van der Waals surface area (Å²) in [6, 6.07) is 0. The molecule has 0 aliphatic heterocycles. The van der Waals surface area contributed by atoms with E-state index in [1.165, 1.54) is 11.3 Å². The minimum Gasteiger partial charge on any atom is -0.319 e. The maximum Gasteiger partial charge on any atom is 0.0546 e. The molecule has 0 unspecified atom stereocenters. The molecule has 1 aromatic heterocycles. The molecule has 0 bridgehead atoms. The average molecular weight is 195 g/mol. The second-order valence-electron chi connectivity index (χ2n) is 4.69. The van der Waals surface area contributed by atoms with E-state index in [0.717, 1.165) is 13.0 Å². The summed E-state index contributed by atoms with van der Waals surface area (Å²) in [6.07, 6.45) is 3.04. The first-order chi connectivity index (χ1) is 6.46. The van der Waals surface area contributed by atoms with Crippen LogP contribution in [0.3, 0.4) is 0 Å². The van der Waals surface area contributed by atoms with Crippen molar-refractivity contribution in [1.29, 1.82) is 0 Å². The molecule has 1 rings (SSSR count). The lowest BCUT2D eigenvalue weighted by Gasteiger charge is -2.21. The van der Waals surface area contributed by atoms with Crippen molar-refractivity contribution >= 4 is 0 Å². The van der Waals surface area contributed by atoms with E-state index in [2.05, 4.69) is 42.8 Å². The molecule has 0 atom stereocenters. The number of nitrogens with one attached hydrogen (secondary N) is 1. The van der Waals surface area contributed by atoms with Gasteiger partial charge in [0, 0.05) is 5.69 Å². The van der Waals surface area contributed by atoms with Crippen molar-refractivity contribution in [3.63, 3.8) is 0 Å². The highest BCUT2D eigenvalue weighted by atomic mass is 15.3. The first kappa shape index (κ1) is 11.2. The van der Waals surface area contributed by atoms with Gasteiger partial charge in [-0.3, -0.25) is 4.68 Å². The summed E-state index contributed by atoms with van der Waals surface area (Å²) < 4.78 is 2.10. The molecule has 0 amide bonds. The second kappa shape index (κ2) is 4.13. The van der Waals surface area contributed by atoms with Gasteiger partial charge in [-0.2, -0.15) is 5.10 Å². The van der Waals surface area contributed by atoms with Crippen LogP contribution < -0.4 is 5.32 Å². The van der Waals surface area contributed by atoms with Crippen LogP contribution in [0.4, 0.5) is 0 Å². The Kier molecular flexibility index (Phi) is 3.32. The Morgan fingerprint density at radius 3 is 2.50 bits per heavy atom. The third kappa shape index (κ3) is 2.35. The van der Waals surface area contributed by atoms with E-state index in [-0.39, 0.29) is 5.54 Å². The SMILES string of the molecule is CNCCc1cnn(C(C)(C)C)c1C. The molecule has 0 spiro atoms. The molecule has 3 nitrogen and oxygen atoms in total. The van der Waals surface area contributed by atoms with Crippen LogP contribution in [-0.4, -0.2) is 23.4 Å². The number of rotatable bonds is 3. The molecule has 0 saturated heterocycles. The topological polar surface area (TPSA) is 29.9 Å². The zero-order valence-corrected chi connectivity index (χ0v) is 9.89. The Morgan fingerprint density at radius 2 is 2.07 bits per heavy atom. The highest BCUT2D eigenvalue weighted by Crippen LogP contribution is 2.18. The first-order valence-electron chi connectivity index (χ1n) is 5.15. The summed E-state index contributed by atoms with van der Waals surface area (Å²) >= 11 is 0. The summed E-state index contributed by atoms with van der Waals surface area (Å²) in [6.45, 7) is 9.68. The highest BCUT2D eigenvalue weighted by Gasteiger charge is 2.17. The number of hydrogen-bond acceptors (Lipinski definition) is 2. The highest BCUT2D eigenvalue weighted by molar-refractivity contribution is 5.17. The smallest absolute Gasteiger partial charge is 0.0546 e. The fraction of sp³-hybridized carbons (Fsp3) is 0.727. The van der Waals surface area contributed by atoms with Crippen molar-refractivity contribution in [1.82, 2.24) is 15.1 Å². The van der Waals surface area contributed by atoms with Crippen LogP contribution in [0.5, 0.6) is 0 Å². The van der Waals surface area contributed by atoms with Gasteiger partial charge in [-0.15, -0.1) is 0 Å². The monoisotopic (exact) mass is 195 g/mol. The molecule has 1 heterocycles. The molecule has 0 aromatic carbocycles. The van der Waals surface area contributed by atoms with Crippen molar-refractivity contribution in [2.45, 2.75) is 39.7 Å². The predicted molar refractivity (Wildman–Crippen MR) is 59.6 cm³/mol. The Hall–Kier alpha value is -0.830. The van der Waals surface area contributed by atoms with Crippen LogP contribution in [0.1, 0.15) is 32.0 Å². The number of aromatic nitrogens is 2. The molecule has 0 radical (unpaired) electrons. The Morgan fingerprint density at radius 1 is 1.43 bits per heavy atom. The maximum absolute atomic E-state index is 4.43. The van der Waals surface area contributed by atoms with Crippen molar-refractivity contribution < 1.29 is 0 Å². The summed E-state index contributed by atoms with van der Waals surface area (Å²) in [4.78, 5) is 0. The van der Waals surface area contributed by atoms with Gasteiger partial charge in [0.1, 0.15) is 0 Å². The van der Waals surface area contributed by atoms with E-state index >= 15 is 0 Å². The van der Waals surface area contributed by atoms with E-state index in [0.29, 0.717) is 0 Å². The minimum atomic E-state index is 0.0853. The fourth-order valence-electron chi connectivity index (χ4n) is 1.62. The summed E-state index contributed by atoms with van der Waals surface area (Å²) in [5, 5.41) is 7.58. The predicted octanol–water partition coefficient (Wildman–Crippen LogP) is 1.71. The van der Waals surface area contributed by atoms with Gasteiger partial charge in [-0.1, -0.05) is 0 Å². The van der Waals surface area contributed by atoms with Gasteiger partial charge in [-0.25, -0.2) is 0 Å². The number of nitrogens with zero attached hydrogens (tertiary/aromatic N) is 2. The molecule has 1 N–H and O–H groups in total. The van der Waals surface area contributed by atoms with Crippen LogP contribution in [-0.2, 0) is 12.0 Å². The Balaban J connectivity index is 2.86. The standard InChI is InChI=1S/C11H21N3/c1-9-10(6-7-12-5)8-13-14(9)11(2,3)4/h8,12H,6-7H2,1-5H3. The van der Waals surface area contributed by atoms with Gasteiger partial charge in [0.25, 0.3) is 0 Å². The van der Waals surface area contributed by atoms with Crippen LogP contribution in [0.15, 0.2) is 6.20 Å². The second-order valence-corrected chi connectivity index (χ2v) is 4.69. The molecule has 1 aromatic rings. The van der Waals surface area contributed by atoms with Gasteiger partial charge in [-0.05, 0) is 53.3 Å². The lowest BCUT2D eigenvalue weighted by Crippen LogP contribution is -2.24. The van der Waals surface area contributed by atoms with E-state index in [4.69, 9.17) is 0 Å². The minimum absolute atomic E-state index is 0.0853. The molecule has 0 aliphatic carbocycles. The van der Waals surface area contributed by atoms with Crippen molar-refractivity contribution in [2.24, 2.45) is 0 Å². The van der Waals surface area contributed by atoms with E-state index in [1.54, 1.807) is 0 Å². The summed E-state index contributed by atoms with van der Waals surface area (Å²) in [5.74, 6) is 0. The third-order valence-corrected chi connectivity index (χ3v) is 2.39. The van der Waals surface area contributed by atoms with Crippen LogP contribution >= 0.6 is 0 Å². The fourth-order valence-corrected chi connectivity index (χ4v) is 1.62. The quantitative estimate of drug-likeness (QED) is 0.795. The van der Waals surface area contributed by atoms with Crippen LogP contribution in [0.25, 0.3) is 0 Å². The third-order valence-electron chi connectivity index (χ3n) is 2.39. The summed E-state index contributed by atoms with van der Waals surface area (Å²) in [7, 11) is 1.98. The molecular weight excluding hydrogens is 174 g/mol. The Labute approximate surface area is 86.5 Å². The van der Waals surface area contributed by atoms with Crippen molar-refractivity contribution in [3.05, 3.63) is 17.5 Å². The van der Waals surface area contributed by atoms with Gasteiger partial charge in [0.15, 0.2) is 0 Å². The first-order valence-corrected chi connectivity index (χ1v) is 5.15. The largest absolute Gasteiger partial charge is 0.319 e. The molecule has 0 aliphatic rings. The number of likely N-dealkylation sites (N-methyl/N-ethyl adjacent to an activating group) is 1. The Bertz CT molecular complexity index is 294. The van der Waals surface area contributed by atoms with Crippen LogP contribution in [0.2, 0.25) is 0 Å². The molecule has 80 valence electrons. The van der Waals surface area contributed by atoms with Gasteiger partial charge >= 0.3 is 0 Å². The lowest BCUT2D eigenvalue weighted by atomic mass is 10.1. The van der Waals surface area contributed by atoms with E-state index in [1.807, 2.05) is 13.2 Å². The van der Waals surface area contributed by atoms with Gasteiger partial charge in [0.05, 0.1) is 11.7 Å². The van der Waals surface area contributed by atoms with E-state index < -0.39 is 0 Å². The van der Waals surface area contributed by atoms with Crippen molar-refractivity contribution in [2.75, 3.05) is 13.6 Å². The van der Waals surface area contributed by atoms with Gasteiger partial charge in [0.2, 0.25) is 0 Å². The van der Waals surface area contributed by atoms with Crippen LogP contribution in [0, 0.1) is 6.92 Å². The normalized spacial score (nSPS) is 12.1. The van der Waals surface area contributed by atoms with E-state index in [9.17, 15) is 0 Å². The van der Waals surface area contributed by atoms with Gasteiger partial charge < -0.3 is 5.32 Å². The maximum atomic E-state index is 4.43. The zero-order chi connectivity index (χ0) is 10.8. The average Bonchev–Trinajstić information content (AvgIpc) is 2.42. The van der Waals surface area contributed by atoms with Crippen molar-refractivity contribution in [3.8, 4) is 0 Å². The molecule has 0 fully saturated rings. The molecule has 3 heteroatoms. The molecule has 0 saturated carbocycles. The molecule has 14 heavy (non-hydrogen) atoms. The summed E-state index contributed by atoms with van der Waals surface area (Å²) in [5.41, 5.74) is 2.71. The zero-order valence-electron chi connectivity index (χ0n) is 9.89.